The molecule has 9 heteroatoms. The van der Waals surface area contributed by atoms with E-state index in [-0.39, 0.29) is 42.7 Å². The number of carbonyl (C=O) groups excluding carboxylic acids is 5. The van der Waals surface area contributed by atoms with Crippen molar-refractivity contribution in [3.63, 3.8) is 0 Å². The highest BCUT2D eigenvalue weighted by Gasteiger charge is 2.47. The quantitative estimate of drug-likeness (QED) is 0.510. The van der Waals surface area contributed by atoms with Crippen LogP contribution in [0.2, 0.25) is 0 Å². The molecule has 28 heavy (non-hydrogen) atoms. The highest BCUT2D eigenvalue weighted by Crippen LogP contribution is 2.37. The van der Waals surface area contributed by atoms with E-state index in [4.69, 9.17) is 4.74 Å². The lowest BCUT2D eigenvalue weighted by molar-refractivity contribution is -0.149. The molecule has 3 aliphatic rings. The molecule has 3 rings (SSSR count). The summed E-state index contributed by atoms with van der Waals surface area (Å²) in [5.74, 6) is -2.32. The van der Waals surface area contributed by atoms with Crippen LogP contribution >= 0.6 is 0 Å². The number of esters is 1. The maximum atomic E-state index is 12.3. The van der Waals surface area contributed by atoms with Crippen molar-refractivity contribution < 1.29 is 28.7 Å². The Morgan fingerprint density at radius 1 is 0.929 bits per heavy atom. The van der Waals surface area contributed by atoms with Crippen molar-refractivity contribution in [1.29, 1.82) is 0 Å². The fourth-order valence-electron chi connectivity index (χ4n) is 4.33. The first kappa shape index (κ1) is 20.3. The van der Waals surface area contributed by atoms with E-state index in [1.807, 2.05) is 0 Å². The first-order valence-electron chi connectivity index (χ1n) is 10.1. The van der Waals surface area contributed by atoms with Crippen LogP contribution < -0.4 is 10.6 Å². The third-order valence-corrected chi connectivity index (χ3v) is 5.78. The molecule has 3 fully saturated rings. The Morgan fingerprint density at radius 3 is 2.11 bits per heavy atom. The minimum atomic E-state index is -0.719. The van der Waals surface area contributed by atoms with Gasteiger partial charge in [-0.1, -0.05) is 25.7 Å². The van der Waals surface area contributed by atoms with Gasteiger partial charge >= 0.3 is 12.0 Å². The number of ether oxygens (including phenoxy) is 1. The van der Waals surface area contributed by atoms with Crippen LogP contribution in [-0.2, 0) is 23.9 Å². The van der Waals surface area contributed by atoms with Gasteiger partial charge in [-0.3, -0.25) is 29.4 Å². The third kappa shape index (κ3) is 4.88. The number of rotatable bonds is 6. The van der Waals surface area contributed by atoms with Gasteiger partial charge in [0.1, 0.15) is 0 Å². The van der Waals surface area contributed by atoms with Gasteiger partial charge in [0.2, 0.25) is 11.8 Å². The number of imide groups is 2. The summed E-state index contributed by atoms with van der Waals surface area (Å²) in [4.78, 5) is 61.1. The number of nitrogens with one attached hydrogen (secondary N) is 2. The van der Waals surface area contributed by atoms with E-state index in [1.54, 1.807) is 0 Å². The molecule has 0 aromatic carbocycles. The van der Waals surface area contributed by atoms with Crippen molar-refractivity contribution in [2.75, 3.05) is 13.2 Å². The van der Waals surface area contributed by atoms with E-state index in [0.29, 0.717) is 0 Å². The Balaban J connectivity index is 1.35. The summed E-state index contributed by atoms with van der Waals surface area (Å²) in [6, 6.07) is -0.515. The minimum absolute atomic E-state index is 0.0344. The number of fused-ring (bicyclic) bond motifs is 1. The van der Waals surface area contributed by atoms with Gasteiger partial charge in [-0.25, -0.2) is 4.79 Å². The van der Waals surface area contributed by atoms with Gasteiger partial charge in [0.05, 0.1) is 18.3 Å². The molecule has 154 valence electrons. The van der Waals surface area contributed by atoms with Crippen LogP contribution in [0.25, 0.3) is 0 Å². The van der Waals surface area contributed by atoms with Crippen molar-refractivity contribution in [3.05, 3.63) is 0 Å². The predicted molar refractivity (Wildman–Crippen MR) is 96.7 cm³/mol. The average Bonchev–Trinajstić information content (AvgIpc) is 3.26. The Morgan fingerprint density at radius 2 is 1.50 bits per heavy atom. The number of hydrogen-bond donors (Lipinski definition) is 2. The molecule has 1 saturated heterocycles. The Hall–Kier alpha value is -2.45. The molecule has 0 aromatic heterocycles. The van der Waals surface area contributed by atoms with Crippen molar-refractivity contribution in [3.8, 4) is 0 Å². The fourth-order valence-corrected chi connectivity index (χ4v) is 4.33. The maximum Gasteiger partial charge on any atom is 0.321 e. The van der Waals surface area contributed by atoms with E-state index in [0.717, 1.165) is 56.3 Å². The molecular weight excluding hydrogens is 366 g/mol. The second-order valence-electron chi connectivity index (χ2n) is 7.74. The first-order chi connectivity index (χ1) is 13.5. The zero-order valence-electron chi connectivity index (χ0n) is 15.9. The van der Waals surface area contributed by atoms with Gasteiger partial charge in [-0.2, -0.15) is 0 Å². The van der Waals surface area contributed by atoms with Crippen LogP contribution in [0.15, 0.2) is 0 Å². The van der Waals surface area contributed by atoms with Gasteiger partial charge < -0.3 is 10.1 Å². The fraction of sp³-hybridized carbons (Fsp3) is 0.737. The number of amides is 5. The number of carbonyl (C=O) groups is 5. The average molecular weight is 393 g/mol. The monoisotopic (exact) mass is 393 g/mol. The smallest absolute Gasteiger partial charge is 0.321 e. The molecule has 2 atom stereocenters. The molecule has 2 saturated carbocycles. The third-order valence-electron chi connectivity index (χ3n) is 5.78. The second-order valence-corrected chi connectivity index (χ2v) is 7.74. The molecule has 0 unspecified atom stereocenters. The summed E-state index contributed by atoms with van der Waals surface area (Å²) in [5, 5.41) is 4.82. The molecule has 0 bridgehead atoms. The Labute approximate surface area is 163 Å². The lowest BCUT2D eigenvalue weighted by atomic mass is 9.81. The number of nitrogens with zero attached hydrogens (tertiary/aromatic N) is 1. The van der Waals surface area contributed by atoms with Gasteiger partial charge in [0, 0.05) is 12.6 Å². The maximum absolute atomic E-state index is 12.3. The lowest BCUT2D eigenvalue weighted by Crippen LogP contribution is -2.45. The molecule has 2 aliphatic carbocycles. The molecule has 9 nitrogen and oxygen atoms in total. The zero-order valence-corrected chi connectivity index (χ0v) is 15.9. The van der Waals surface area contributed by atoms with E-state index >= 15 is 0 Å². The molecule has 0 spiro atoms. The van der Waals surface area contributed by atoms with Crippen LogP contribution in [0.3, 0.4) is 0 Å². The Kier molecular flexibility index (Phi) is 6.64. The van der Waals surface area contributed by atoms with E-state index in [9.17, 15) is 24.0 Å². The van der Waals surface area contributed by atoms with Gasteiger partial charge in [-0.15, -0.1) is 0 Å². The lowest BCUT2D eigenvalue weighted by Gasteiger charge is -2.19. The van der Waals surface area contributed by atoms with Crippen LogP contribution in [0.4, 0.5) is 4.79 Å². The van der Waals surface area contributed by atoms with Crippen LogP contribution in [-0.4, -0.2) is 53.8 Å². The predicted octanol–water partition coefficient (Wildman–Crippen LogP) is 0.863. The normalized spacial score (nSPS) is 24.8. The van der Waals surface area contributed by atoms with E-state index in [1.165, 1.54) is 0 Å². The molecule has 1 aliphatic heterocycles. The zero-order chi connectivity index (χ0) is 20.1. The van der Waals surface area contributed by atoms with Crippen LogP contribution in [0.1, 0.15) is 57.8 Å². The summed E-state index contributed by atoms with van der Waals surface area (Å²) in [6.45, 7) is -0.614. The molecule has 0 radical (unpaired) electrons. The summed E-state index contributed by atoms with van der Waals surface area (Å²) in [6.07, 6.45) is 7.06. The van der Waals surface area contributed by atoms with Crippen molar-refractivity contribution in [2.24, 2.45) is 11.8 Å². The van der Waals surface area contributed by atoms with Crippen molar-refractivity contribution >= 4 is 29.7 Å². The van der Waals surface area contributed by atoms with E-state index in [2.05, 4.69) is 10.6 Å². The van der Waals surface area contributed by atoms with Gasteiger partial charge in [-0.05, 0) is 25.7 Å². The topological polar surface area (TPSA) is 122 Å². The SMILES string of the molecule is O=C(COC(=O)CCN1C(=O)[C@@H]2CCCC[C@H]2C1=O)NC(=O)NC1CCCC1. The van der Waals surface area contributed by atoms with E-state index < -0.39 is 24.5 Å². The van der Waals surface area contributed by atoms with Crippen LogP contribution in [0.5, 0.6) is 0 Å². The minimum Gasteiger partial charge on any atom is -0.456 e. The summed E-state index contributed by atoms with van der Waals surface area (Å²) < 4.78 is 4.84. The summed E-state index contributed by atoms with van der Waals surface area (Å²) in [5.41, 5.74) is 0. The summed E-state index contributed by atoms with van der Waals surface area (Å²) >= 11 is 0. The Bertz CT molecular complexity index is 634. The molecule has 1 heterocycles. The highest BCUT2D eigenvalue weighted by molar-refractivity contribution is 6.05. The van der Waals surface area contributed by atoms with Crippen molar-refractivity contribution in [2.45, 2.75) is 63.8 Å². The molecule has 0 aromatic rings. The number of likely N-dealkylation sites (tertiary alicyclic amines) is 1. The standard InChI is InChI=1S/C19H27N3O6/c23-15(21-19(27)20-12-5-1-2-6-12)11-28-16(24)9-10-22-17(25)13-7-3-4-8-14(13)18(22)26/h12-14H,1-11H2,(H2,20,21,23,27)/t13-,14-/m1/s1. The number of hydrogen-bond acceptors (Lipinski definition) is 6. The van der Waals surface area contributed by atoms with Crippen molar-refractivity contribution in [1.82, 2.24) is 15.5 Å². The highest BCUT2D eigenvalue weighted by atomic mass is 16.5. The molecule has 2 N–H and O–H groups in total. The van der Waals surface area contributed by atoms with Gasteiger partial charge in [0.25, 0.3) is 5.91 Å². The summed E-state index contributed by atoms with van der Waals surface area (Å²) in [7, 11) is 0. The molecule has 5 amide bonds. The first-order valence-corrected chi connectivity index (χ1v) is 10.1. The van der Waals surface area contributed by atoms with Crippen LogP contribution in [0, 0.1) is 11.8 Å². The van der Waals surface area contributed by atoms with Gasteiger partial charge in [0.15, 0.2) is 6.61 Å². The number of urea groups is 1. The largest absolute Gasteiger partial charge is 0.456 e. The second kappa shape index (κ2) is 9.16. The molecular formula is C19H27N3O6.